The number of methoxy groups -OCH3 is 2. The molecule has 28 nitrogen and oxygen atoms in total. The van der Waals surface area contributed by atoms with Gasteiger partial charge in [-0.25, -0.2) is 46.7 Å². The number of benzene rings is 2. The number of esters is 1. The zero-order chi connectivity index (χ0) is 89.8. The van der Waals surface area contributed by atoms with Gasteiger partial charge in [0.05, 0.1) is 88.7 Å². The Labute approximate surface area is 745 Å². The number of Topliss-reactive ketones (excluding diaryl/α,β-unsaturated/α-hetero) is 2. The van der Waals surface area contributed by atoms with E-state index in [1.807, 2.05) is 122 Å². The Hall–Kier alpha value is -10.3. The zero-order valence-corrected chi connectivity index (χ0v) is 77.1. The van der Waals surface area contributed by atoms with Crippen molar-refractivity contribution >= 4 is 117 Å². The van der Waals surface area contributed by atoms with E-state index in [-0.39, 0.29) is 91.8 Å². The Morgan fingerprint density at radius 2 is 0.968 bits per heavy atom. The van der Waals surface area contributed by atoms with Crippen LogP contribution in [0.4, 0.5) is 11.6 Å². The van der Waals surface area contributed by atoms with E-state index in [4.69, 9.17) is 38.9 Å². The molecule has 4 aliphatic carbocycles. The average Bonchev–Trinajstić information content (AvgIpc) is 1.56. The maximum Gasteiger partial charge on any atom is 0.302 e. The van der Waals surface area contributed by atoms with Gasteiger partial charge in [-0.15, -0.1) is 22.7 Å². The highest BCUT2D eigenvalue weighted by molar-refractivity contribution is 7.92. The summed E-state index contributed by atoms with van der Waals surface area (Å²) in [6.07, 6.45) is 20.4. The molecule has 2 saturated heterocycles. The number of rotatable bonds is 21. The number of aromatic nitrogens is 6. The molecule has 0 unspecified atom stereocenters. The predicted octanol–water partition coefficient (Wildman–Crippen LogP) is 15.6. The fourth-order valence-electron chi connectivity index (χ4n) is 17.3. The maximum atomic E-state index is 14.9. The smallest absolute Gasteiger partial charge is 0.302 e. The predicted molar refractivity (Wildman–Crippen MR) is 485 cm³/mol. The summed E-state index contributed by atoms with van der Waals surface area (Å²) in [4.78, 5) is 129. The van der Waals surface area contributed by atoms with E-state index >= 15 is 0 Å². The summed E-state index contributed by atoms with van der Waals surface area (Å²) >= 11 is 3.02. The Morgan fingerprint density at radius 1 is 0.556 bits per heavy atom. The van der Waals surface area contributed by atoms with Crippen LogP contribution in [0.3, 0.4) is 0 Å². The second-order valence-electron chi connectivity index (χ2n) is 35.9. The van der Waals surface area contributed by atoms with Gasteiger partial charge in [0.15, 0.2) is 11.6 Å². The van der Waals surface area contributed by atoms with Gasteiger partial charge < -0.3 is 44.1 Å². The van der Waals surface area contributed by atoms with Crippen LogP contribution in [0.5, 0.6) is 23.0 Å². The van der Waals surface area contributed by atoms with Crippen LogP contribution in [0.15, 0.2) is 120 Å². The summed E-state index contributed by atoms with van der Waals surface area (Å²) in [5, 5.41) is 13.8. The number of hydrogen-bond donors (Lipinski definition) is 4. The van der Waals surface area contributed by atoms with Crippen molar-refractivity contribution in [2.75, 3.05) is 44.5 Å². The summed E-state index contributed by atoms with van der Waals surface area (Å²) in [7, 11) is -4.64. The van der Waals surface area contributed by atoms with E-state index in [2.05, 4.69) is 62.5 Å². The third-order valence-corrected chi connectivity index (χ3v) is 32.1. The third-order valence-electron chi connectivity index (χ3n) is 26.0. The van der Waals surface area contributed by atoms with Crippen LogP contribution in [0.25, 0.3) is 43.2 Å². The van der Waals surface area contributed by atoms with Gasteiger partial charge in [-0.1, -0.05) is 89.8 Å². The summed E-state index contributed by atoms with van der Waals surface area (Å²) in [6.45, 7) is 19.4. The molecule has 2 aromatic carbocycles. The minimum Gasteiger partial charge on any atom is -0.496 e. The van der Waals surface area contributed by atoms with E-state index in [0.717, 1.165) is 94.7 Å². The number of aryl methyl sites for hydroxylation is 2. The minimum absolute atomic E-state index is 0.119. The minimum atomic E-state index is -3.94. The molecule has 4 amide bonds. The molecule has 4 aliphatic heterocycles. The molecule has 8 aliphatic rings. The first kappa shape index (κ1) is 91.9. The van der Waals surface area contributed by atoms with E-state index in [1.54, 1.807) is 57.2 Å². The summed E-state index contributed by atoms with van der Waals surface area (Å²) < 4.78 is 85.5. The number of carbonyl (C=O) groups excluding carboxylic acids is 7. The van der Waals surface area contributed by atoms with Crippen LogP contribution in [-0.2, 0) is 58.3 Å². The van der Waals surface area contributed by atoms with Crippen molar-refractivity contribution < 1.29 is 74.1 Å². The molecule has 16 rings (SSSR count). The lowest BCUT2D eigenvalue weighted by atomic mass is 9.91. The SMILES string of the molecule is CCOC(C)=O.COc1ccc2c(O[C@@H]3C[C@H]4C(=O)C[C@]5(C(=O)NS(=O)(=O)C6(C)CC6)C[C@H]5/C=C\CCCCC[C@H](Nc5ccccn5)C(=O)N4C3)cc(-c3nc(C(C)C)cs3)nc2c1C.COc1ccc2c(O[C@@H]3C[C@H]4C(=O)C[C@]5(C(=O)NS(=O)(=O)C6(C)CC6)C[C@H]5/C=C\CCCCC[C@H](Nc5ccccn5)C(=O)N4C3)cc(-c3nc(C(C)C)cs3)nc2c1C. The largest absolute Gasteiger partial charge is 0.496 e. The lowest BCUT2D eigenvalue weighted by Gasteiger charge is -2.29. The molecule has 32 heteroatoms. The third kappa shape index (κ3) is 20.3. The summed E-state index contributed by atoms with van der Waals surface area (Å²) in [6, 6.07) is 19.1. The van der Waals surface area contributed by atoms with Crippen molar-refractivity contribution in [3.05, 3.63) is 143 Å². The molecular weight excluding hydrogens is 1680 g/mol. The van der Waals surface area contributed by atoms with E-state index in [1.165, 1.54) is 29.6 Å². The molecule has 10 heterocycles. The average molecular weight is 1800 g/mol. The van der Waals surface area contributed by atoms with Crippen molar-refractivity contribution in [2.24, 2.45) is 22.7 Å². The molecule has 6 fully saturated rings. The maximum absolute atomic E-state index is 14.9. The number of pyridine rings is 4. The molecule has 672 valence electrons. The second kappa shape index (κ2) is 38.3. The highest BCUT2D eigenvalue weighted by atomic mass is 32.2. The normalized spacial score (nSPS) is 25.2. The Kier molecular flexibility index (Phi) is 27.9. The highest BCUT2D eigenvalue weighted by Crippen LogP contribution is 2.59. The van der Waals surface area contributed by atoms with Crippen molar-refractivity contribution in [1.29, 1.82) is 0 Å². The fraction of sp³-hybridized carbons (Fsp3) is 0.521. The van der Waals surface area contributed by atoms with Crippen molar-refractivity contribution in [2.45, 2.75) is 255 Å². The van der Waals surface area contributed by atoms with Crippen LogP contribution < -0.4 is 39.0 Å². The molecule has 8 aromatic rings. The number of nitrogens with zero attached hydrogens (tertiary/aromatic N) is 8. The number of carbonyl (C=O) groups is 7. The summed E-state index contributed by atoms with van der Waals surface area (Å²) in [5.41, 5.74) is 3.80. The molecule has 0 bridgehead atoms. The number of sulfonamides is 2. The standard InChI is InChI=1S/2C45H54N6O7S2.C4H8O2/c2*1-27(2)34-26-59-41(49-34)33-22-38(31-16-17-37(57-5)28(3)40(31)48-33)58-30-21-35-36(52)24-45(43(54)50-60(55,56)44(4)18-19-44)23-29(45)13-9-7-6-8-10-14-32(42(53)51(35)25-30)47-39-15-11-12-20-46-39;1-3-6-4(2)5/h2*9,11-13,15-17,20,22,26-27,29-30,32,35H,6-8,10,14,18-19,21,23-25H2,1-5H3,(H,46,47)(H,50,54);3H2,1-2H3/b2*13-9-;/t2*29-,30-,32+,35+,45-;/m11./s1. The highest BCUT2D eigenvalue weighted by Gasteiger charge is 2.65. The fourth-order valence-corrected chi connectivity index (χ4v) is 21.9. The first-order valence-electron chi connectivity index (χ1n) is 44.0. The van der Waals surface area contributed by atoms with Crippen molar-refractivity contribution in [1.82, 2.24) is 49.1 Å². The summed E-state index contributed by atoms with van der Waals surface area (Å²) in [5.74, 6) is 0.823. The van der Waals surface area contributed by atoms with Gasteiger partial charge in [0.2, 0.25) is 43.7 Å². The van der Waals surface area contributed by atoms with Gasteiger partial charge in [-0.2, -0.15) is 0 Å². The number of fused-ring (bicyclic) bond motifs is 6. The molecule has 4 N–H and O–H groups in total. The van der Waals surface area contributed by atoms with E-state index in [9.17, 15) is 50.4 Å². The van der Waals surface area contributed by atoms with Gasteiger partial charge in [0.1, 0.15) is 80.3 Å². The first-order valence-corrected chi connectivity index (χ1v) is 48.8. The number of ketones is 2. The molecule has 0 spiro atoms. The molecule has 10 atom stereocenters. The topological polar surface area (TPSA) is 366 Å². The molecule has 4 saturated carbocycles. The lowest BCUT2D eigenvalue weighted by molar-refractivity contribution is -0.140. The number of allylic oxidation sites excluding steroid dienone is 4. The van der Waals surface area contributed by atoms with Gasteiger partial charge in [-0.05, 0) is 184 Å². The van der Waals surface area contributed by atoms with Crippen LogP contribution in [0, 0.1) is 36.5 Å². The Balaban J connectivity index is 0.000000192. The molecule has 126 heavy (non-hydrogen) atoms. The number of anilines is 2. The van der Waals surface area contributed by atoms with Crippen molar-refractivity contribution in [3.8, 4) is 44.4 Å². The molecule has 6 aromatic heterocycles. The van der Waals surface area contributed by atoms with Crippen LogP contribution in [0.1, 0.15) is 218 Å². The van der Waals surface area contributed by atoms with Crippen LogP contribution >= 0.6 is 22.7 Å². The monoisotopic (exact) mass is 1800 g/mol. The van der Waals surface area contributed by atoms with Crippen molar-refractivity contribution in [3.63, 3.8) is 0 Å². The number of ether oxygens (including phenoxy) is 5. The van der Waals surface area contributed by atoms with Gasteiger partial charge in [0, 0.05) is 89.8 Å². The first-order chi connectivity index (χ1) is 60.2. The number of thiazole rings is 2. The number of amides is 4. The Morgan fingerprint density at radius 3 is 1.31 bits per heavy atom. The Bertz CT molecular complexity index is 5360. The number of nitrogens with one attached hydrogen (secondary N) is 4. The number of hydrogen-bond acceptors (Lipinski definition) is 26. The van der Waals surface area contributed by atoms with Gasteiger partial charge in [-0.3, -0.25) is 43.0 Å². The van der Waals surface area contributed by atoms with Crippen LogP contribution in [-0.4, -0.2) is 177 Å². The van der Waals surface area contributed by atoms with E-state index < -0.39 is 88.6 Å². The lowest BCUT2D eigenvalue weighted by Crippen LogP contribution is -2.49. The van der Waals surface area contributed by atoms with Gasteiger partial charge in [0.25, 0.3) is 0 Å². The van der Waals surface area contributed by atoms with E-state index in [0.29, 0.717) is 115 Å². The van der Waals surface area contributed by atoms with Gasteiger partial charge >= 0.3 is 5.97 Å². The second-order valence-corrected chi connectivity index (χ2v) is 42.0. The quantitative estimate of drug-likeness (QED) is 0.0383. The zero-order valence-electron chi connectivity index (χ0n) is 73.8. The van der Waals surface area contributed by atoms with Crippen LogP contribution in [0.2, 0.25) is 0 Å². The molecule has 0 radical (unpaired) electrons. The molecular formula is C94H116N12O16S4.